The van der Waals surface area contributed by atoms with E-state index in [1.807, 2.05) is 27.7 Å². The van der Waals surface area contributed by atoms with E-state index >= 15 is 0 Å². The Balaban J connectivity index is 1.11. The first kappa shape index (κ1) is 38.8. The van der Waals surface area contributed by atoms with Crippen LogP contribution in [0.5, 0.6) is 0 Å². The van der Waals surface area contributed by atoms with Crippen LogP contribution in [0.15, 0.2) is 21.6 Å². The molecule has 2 N–H and O–H groups in total. The van der Waals surface area contributed by atoms with Crippen LogP contribution < -0.4 is 5.32 Å². The smallest absolute Gasteiger partial charge is 0.309 e. The molecular formula is C46H69NO6. The summed E-state index contributed by atoms with van der Waals surface area (Å²) in [7, 11) is 0. The van der Waals surface area contributed by atoms with E-state index in [9.17, 15) is 19.5 Å². The van der Waals surface area contributed by atoms with Crippen molar-refractivity contribution in [1.29, 1.82) is 0 Å². The second-order valence-electron chi connectivity index (χ2n) is 21.1. The average Bonchev–Trinajstić information content (AvgIpc) is 3.54. The van der Waals surface area contributed by atoms with E-state index in [4.69, 9.17) is 9.15 Å². The Hall–Kier alpha value is -2.41. The molecule has 0 spiro atoms. The van der Waals surface area contributed by atoms with Crippen LogP contribution in [0.4, 0.5) is 0 Å². The highest BCUT2D eigenvalue weighted by atomic mass is 16.5. The van der Waals surface area contributed by atoms with Gasteiger partial charge >= 0.3 is 11.9 Å². The highest BCUT2D eigenvalue weighted by molar-refractivity contribution is 6.00. The first-order chi connectivity index (χ1) is 24.6. The third kappa shape index (κ3) is 5.60. The minimum atomic E-state index is -0.815. The molecule has 0 unspecified atom stereocenters. The van der Waals surface area contributed by atoms with Crippen LogP contribution in [0.25, 0.3) is 0 Å². The number of aliphatic carboxylic acids is 1. The molecule has 0 bridgehead atoms. The van der Waals surface area contributed by atoms with Gasteiger partial charge in [-0.1, -0.05) is 67.9 Å². The van der Waals surface area contributed by atoms with E-state index in [1.165, 1.54) is 24.8 Å². The monoisotopic (exact) mass is 732 g/mol. The maximum atomic E-state index is 14.0. The minimum absolute atomic E-state index is 0.0388. The van der Waals surface area contributed by atoms with Crippen molar-refractivity contribution in [2.75, 3.05) is 6.54 Å². The molecule has 0 saturated heterocycles. The number of ketones is 1. The molecule has 10 atom stereocenters. The molecule has 7 rings (SSSR count). The molecule has 6 aliphatic carbocycles. The van der Waals surface area contributed by atoms with Crippen LogP contribution in [-0.2, 0) is 25.7 Å². The average molecular weight is 732 g/mol. The molecule has 0 aliphatic heterocycles. The second-order valence-corrected chi connectivity index (χ2v) is 21.1. The Morgan fingerprint density at radius 2 is 1.62 bits per heavy atom. The summed E-state index contributed by atoms with van der Waals surface area (Å²) >= 11 is 0. The lowest BCUT2D eigenvalue weighted by molar-refractivity contribution is -0.236. The quantitative estimate of drug-likeness (QED) is 0.192. The zero-order chi connectivity index (χ0) is 38.7. The summed E-state index contributed by atoms with van der Waals surface area (Å²) in [5.74, 6) is 2.17. The summed E-state index contributed by atoms with van der Waals surface area (Å²) in [6.07, 6.45) is 10.7. The molecule has 0 radical (unpaired) electrons. The second kappa shape index (κ2) is 12.8. The van der Waals surface area contributed by atoms with Gasteiger partial charge in [0.15, 0.2) is 5.78 Å². The summed E-state index contributed by atoms with van der Waals surface area (Å²) in [6, 6.07) is 2.14. The summed E-state index contributed by atoms with van der Waals surface area (Å²) in [5.41, 5.74) is 3.56. The van der Waals surface area contributed by atoms with E-state index in [0.717, 1.165) is 68.7 Å². The van der Waals surface area contributed by atoms with Crippen molar-refractivity contribution in [2.24, 2.45) is 68.0 Å². The number of carboxylic acid groups (broad SMARTS) is 1. The van der Waals surface area contributed by atoms with Crippen LogP contribution in [0.2, 0.25) is 0 Å². The van der Waals surface area contributed by atoms with Gasteiger partial charge in [-0.05, 0) is 142 Å². The summed E-state index contributed by atoms with van der Waals surface area (Å²) in [4.78, 5) is 39.4. The van der Waals surface area contributed by atoms with E-state index in [0.29, 0.717) is 36.4 Å². The Morgan fingerprint density at radius 1 is 0.906 bits per heavy atom. The van der Waals surface area contributed by atoms with Gasteiger partial charge in [0.2, 0.25) is 0 Å². The highest BCUT2D eigenvalue weighted by Gasteiger charge is 2.70. The van der Waals surface area contributed by atoms with Gasteiger partial charge in [-0.15, -0.1) is 0 Å². The minimum Gasteiger partial charge on any atom is -0.481 e. The summed E-state index contributed by atoms with van der Waals surface area (Å²) in [5, 5.41) is 13.4. The third-order valence-electron chi connectivity index (χ3n) is 17.9. The highest BCUT2D eigenvalue weighted by Crippen LogP contribution is 2.77. The molecule has 53 heavy (non-hydrogen) atoms. The van der Waals surface area contributed by atoms with Crippen LogP contribution >= 0.6 is 0 Å². The number of hydrogen-bond donors (Lipinski definition) is 2. The number of carbonyl (C=O) groups is 3. The first-order valence-electron chi connectivity index (χ1n) is 21.1. The van der Waals surface area contributed by atoms with Gasteiger partial charge in [-0.2, -0.15) is 0 Å². The number of esters is 1. The van der Waals surface area contributed by atoms with E-state index in [2.05, 4.69) is 59.8 Å². The van der Waals surface area contributed by atoms with Crippen molar-refractivity contribution in [3.63, 3.8) is 0 Å². The number of furan rings is 1. The Bertz CT molecular complexity index is 1700. The fraction of sp³-hybridized carbons (Fsp3) is 0.804. The van der Waals surface area contributed by atoms with Crippen molar-refractivity contribution in [3.05, 3.63) is 34.3 Å². The van der Waals surface area contributed by atoms with Gasteiger partial charge in [0.1, 0.15) is 17.6 Å². The lowest BCUT2D eigenvalue weighted by Crippen LogP contribution is -2.66. The van der Waals surface area contributed by atoms with Crippen molar-refractivity contribution in [2.45, 2.75) is 159 Å². The number of hydrogen-bond acceptors (Lipinski definition) is 6. The number of fused-ring (bicyclic) bond motifs is 7. The number of carboxylic acids is 1. The summed E-state index contributed by atoms with van der Waals surface area (Å²) < 4.78 is 12.2. The SMILES string of the molecule is Cc1cc(CNCC[C@@]23CC[C@]4(C)[C@H](CC[C@@H]5[C@@]6(C)CC[C@H](OC(=O)[C@H]7C[C@@H](C(=O)O)C7(C)C)C(C)(C)[C@@H]6CC[C@]54C)C2=C(C(C)C)C(=O)C3)c(C)o1. The maximum absolute atomic E-state index is 14.0. The molecule has 5 fully saturated rings. The number of allylic oxidation sites excluding steroid dienone is 2. The van der Waals surface area contributed by atoms with Gasteiger partial charge in [-0.3, -0.25) is 14.4 Å². The maximum Gasteiger partial charge on any atom is 0.309 e. The fourth-order valence-corrected chi connectivity index (χ4v) is 14.6. The van der Waals surface area contributed by atoms with Crippen LogP contribution in [0.3, 0.4) is 0 Å². The zero-order valence-corrected chi connectivity index (χ0v) is 34.8. The Kier molecular flexibility index (Phi) is 9.39. The molecule has 1 heterocycles. The normalized spacial score (nSPS) is 41.2. The van der Waals surface area contributed by atoms with Crippen molar-refractivity contribution in [3.8, 4) is 0 Å². The van der Waals surface area contributed by atoms with Crippen molar-refractivity contribution in [1.82, 2.24) is 5.32 Å². The van der Waals surface area contributed by atoms with Gasteiger partial charge < -0.3 is 19.6 Å². The number of nitrogens with one attached hydrogen (secondary N) is 1. The molecular weight excluding hydrogens is 663 g/mol. The van der Waals surface area contributed by atoms with E-state index in [1.54, 1.807) is 5.57 Å². The third-order valence-corrected chi connectivity index (χ3v) is 17.9. The van der Waals surface area contributed by atoms with E-state index < -0.39 is 17.3 Å². The zero-order valence-electron chi connectivity index (χ0n) is 34.8. The number of rotatable bonds is 9. The number of carbonyl (C=O) groups excluding carboxylic acids is 2. The molecule has 7 heteroatoms. The summed E-state index contributed by atoms with van der Waals surface area (Å²) in [6.45, 7) is 26.6. The van der Waals surface area contributed by atoms with Crippen LogP contribution in [-0.4, -0.2) is 35.5 Å². The molecule has 294 valence electrons. The van der Waals surface area contributed by atoms with Gasteiger partial charge in [0, 0.05) is 29.4 Å². The van der Waals surface area contributed by atoms with Crippen molar-refractivity contribution < 1.29 is 28.6 Å². The predicted octanol–water partition coefficient (Wildman–Crippen LogP) is 10.0. The number of Topliss-reactive ketones (excluding diaryl/α,β-unsaturated/α-hetero) is 1. The lowest BCUT2D eigenvalue weighted by atomic mass is 9.33. The standard InChI is InChI=1S/C46H69NO6/c1-26(2)37-33(48)24-46(20-21-47-25-29-22-27(3)52-28(29)4)19-18-44(10)30(38(37)46)12-13-35-43(9)16-15-36(42(7,8)34(43)14-17-45(35,44)11)53-40(51)32-23-31(39(49)50)41(32,5)6/h22,26,30-32,34-36,47H,12-21,23-25H2,1-11H3,(H,49,50)/t30-,31+,32-,34+,35-,36+,43+,44-,45-,46-/m1/s1. The number of ether oxygens (including phenoxy) is 1. The van der Waals surface area contributed by atoms with Crippen molar-refractivity contribution >= 4 is 17.7 Å². The van der Waals surface area contributed by atoms with Gasteiger partial charge in [0.25, 0.3) is 0 Å². The fourth-order valence-electron chi connectivity index (χ4n) is 14.6. The molecule has 1 aromatic rings. The predicted molar refractivity (Wildman–Crippen MR) is 207 cm³/mol. The molecule has 6 aliphatic rings. The molecule has 0 amide bonds. The van der Waals surface area contributed by atoms with E-state index in [-0.39, 0.29) is 51.0 Å². The van der Waals surface area contributed by atoms with Gasteiger partial charge in [0.05, 0.1) is 11.8 Å². The number of aryl methyl sites for hydroxylation is 2. The molecule has 7 nitrogen and oxygen atoms in total. The van der Waals surface area contributed by atoms with Crippen LogP contribution in [0, 0.1) is 81.8 Å². The van der Waals surface area contributed by atoms with Crippen LogP contribution in [0.1, 0.15) is 150 Å². The van der Waals surface area contributed by atoms with Gasteiger partial charge in [-0.25, -0.2) is 0 Å². The molecule has 5 saturated carbocycles. The topological polar surface area (TPSA) is 106 Å². The largest absolute Gasteiger partial charge is 0.481 e. The first-order valence-corrected chi connectivity index (χ1v) is 21.1. The Labute approximate surface area is 319 Å². The Morgan fingerprint density at radius 3 is 2.25 bits per heavy atom. The molecule has 1 aromatic heterocycles. The molecule has 0 aromatic carbocycles. The lowest BCUT2D eigenvalue weighted by Gasteiger charge is -2.72.